The van der Waals surface area contributed by atoms with Crippen molar-refractivity contribution in [3.8, 4) is 5.75 Å². The van der Waals surface area contributed by atoms with E-state index in [-0.39, 0.29) is 12.3 Å². The van der Waals surface area contributed by atoms with Gasteiger partial charge in [-0.1, -0.05) is 11.6 Å². The van der Waals surface area contributed by atoms with Gasteiger partial charge in [0, 0.05) is 23.4 Å². The van der Waals surface area contributed by atoms with Crippen molar-refractivity contribution >= 4 is 40.8 Å². The fraction of sp³-hybridized carbons (Fsp3) is 0.333. The van der Waals surface area contributed by atoms with E-state index < -0.39 is 11.9 Å². The van der Waals surface area contributed by atoms with Gasteiger partial charge in [0.05, 0.1) is 12.8 Å². The SMILES string of the molecule is COc1cc(Cl)c(C)cc1NC(=O)NC(=O)CCCl. The number of rotatable bonds is 4. The summed E-state index contributed by atoms with van der Waals surface area (Å²) in [5.74, 6) is 0.121. The second kappa shape index (κ2) is 7.21. The maximum absolute atomic E-state index is 11.6. The Balaban J connectivity index is 2.78. The number of aryl methyl sites for hydroxylation is 1. The van der Waals surface area contributed by atoms with Crippen molar-refractivity contribution in [1.29, 1.82) is 0 Å². The standard InChI is InChI=1S/C12H14Cl2N2O3/c1-7-5-9(10(19-2)6-8(7)14)15-12(18)16-11(17)3-4-13/h5-6H,3-4H2,1-2H3,(H2,15,16,17,18). The zero-order chi connectivity index (χ0) is 14.4. The molecule has 0 fully saturated rings. The molecule has 0 bridgehead atoms. The number of ether oxygens (including phenoxy) is 1. The van der Waals surface area contributed by atoms with E-state index in [0.717, 1.165) is 5.56 Å². The van der Waals surface area contributed by atoms with Crippen LogP contribution in [-0.2, 0) is 4.79 Å². The Kier molecular flexibility index (Phi) is 5.92. The zero-order valence-corrected chi connectivity index (χ0v) is 12.1. The summed E-state index contributed by atoms with van der Waals surface area (Å²) in [6.45, 7) is 1.80. The Morgan fingerprint density at radius 2 is 2.05 bits per heavy atom. The number of nitrogens with one attached hydrogen (secondary N) is 2. The molecule has 0 aliphatic heterocycles. The third kappa shape index (κ3) is 4.61. The lowest BCUT2D eigenvalue weighted by Gasteiger charge is -2.12. The molecule has 0 atom stereocenters. The highest BCUT2D eigenvalue weighted by atomic mass is 35.5. The molecule has 5 nitrogen and oxygen atoms in total. The normalized spacial score (nSPS) is 9.89. The number of halogens is 2. The van der Waals surface area contributed by atoms with Gasteiger partial charge in [0.15, 0.2) is 0 Å². The molecule has 1 rings (SSSR count). The topological polar surface area (TPSA) is 67.4 Å². The minimum absolute atomic E-state index is 0.0752. The van der Waals surface area contributed by atoms with Crippen LogP contribution in [0.3, 0.4) is 0 Å². The molecule has 0 aromatic heterocycles. The smallest absolute Gasteiger partial charge is 0.325 e. The number of carbonyl (C=O) groups excluding carboxylic acids is 2. The first-order chi connectivity index (χ1) is 8.97. The second-order valence-corrected chi connectivity index (χ2v) is 4.53. The van der Waals surface area contributed by atoms with Crippen molar-refractivity contribution in [2.45, 2.75) is 13.3 Å². The number of hydrogen-bond acceptors (Lipinski definition) is 3. The molecule has 1 aromatic carbocycles. The van der Waals surface area contributed by atoms with E-state index in [9.17, 15) is 9.59 Å². The molecule has 1 aromatic rings. The lowest BCUT2D eigenvalue weighted by atomic mass is 10.2. The molecular formula is C12H14Cl2N2O3. The van der Waals surface area contributed by atoms with Gasteiger partial charge in [0.1, 0.15) is 5.75 Å². The van der Waals surface area contributed by atoms with E-state index in [2.05, 4.69) is 10.6 Å². The largest absolute Gasteiger partial charge is 0.495 e. The lowest BCUT2D eigenvalue weighted by Crippen LogP contribution is -2.34. The molecule has 0 aliphatic rings. The number of anilines is 1. The van der Waals surface area contributed by atoms with Crippen molar-refractivity contribution < 1.29 is 14.3 Å². The summed E-state index contributed by atoms with van der Waals surface area (Å²) in [4.78, 5) is 22.8. The Hall–Kier alpha value is -1.46. The molecule has 0 radical (unpaired) electrons. The summed E-state index contributed by atoms with van der Waals surface area (Å²) in [5.41, 5.74) is 1.21. The van der Waals surface area contributed by atoms with E-state index in [1.807, 2.05) is 0 Å². The average molecular weight is 305 g/mol. The quantitative estimate of drug-likeness (QED) is 0.840. The molecule has 2 N–H and O–H groups in total. The van der Waals surface area contributed by atoms with Crippen LogP contribution in [0.25, 0.3) is 0 Å². The third-order valence-corrected chi connectivity index (χ3v) is 2.90. The summed E-state index contributed by atoms with van der Waals surface area (Å²) < 4.78 is 5.10. The first kappa shape index (κ1) is 15.6. The summed E-state index contributed by atoms with van der Waals surface area (Å²) in [6.07, 6.45) is 0.0752. The number of urea groups is 1. The summed E-state index contributed by atoms with van der Waals surface area (Å²) in [6, 6.07) is 2.61. The van der Waals surface area contributed by atoms with Crippen LogP contribution in [0, 0.1) is 6.92 Å². The third-order valence-electron chi connectivity index (χ3n) is 2.30. The molecule has 0 saturated carbocycles. The monoisotopic (exact) mass is 304 g/mol. The Morgan fingerprint density at radius 3 is 2.63 bits per heavy atom. The van der Waals surface area contributed by atoms with Gasteiger partial charge in [-0.15, -0.1) is 11.6 Å². The molecule has 7 heteroatoms. The van der Waals surface area contributed by atoms with E-state index in [4.69, 9.17) is 27.9 Å². The van der Waals surface area contributed by atoms with Gasteiger partial charge >= 0.3 is 6.03 Å². The molecule has 104 valence electrons. The van der Waals surface area contributed by atoms with Gasteiger partial charge in [0.25, 0.3) is 0 Å². The van der Waals surface area contributed by atoms with Crippen LogP contribution in [0.4, 0.5) is 10.5 Å². The molecule has 19 heavy (non-hydrogen) atoms. The highest BCUT2D eigenvalue weighted by Gasteiger charge is 2.12. The first-order valence-corrected chi connectivity index (χ1v) is 6.40. The van der Waals surface area contributed by atoms with E-state index in [1.54, 1.807) is 19.1 Å². The average Bonchev–Trinajstić information content (AvgIpc) is 2.33. The fourth-order valence-electron chi connectivity index (χ4n) is 1.36. The van der Waals surface area contributed by atoms with E-state index >= 15 is 0 Å². The minimum Gasteiger partial charge on any atom is -0.495 e. The van der Waals surface area contributed by atoms with Crippen molar-refractivity contribution in [2.75, 3.05) is 18.3 Å². The van der Waals surface area contributed by atoms with Gasteiger partial charge in [-0.3, -0.25) is 10.1 Å². The van der Waals surface area contributed by atoms with Crippen LogP contribution in [0.2, 0.25) is 5.02 Å². The second-order valence-electron chi connectivity index (χ2n) is 3.74. The predicted octanol–water partition coefficient (Wildman–Crippen LogP) is 2.93. The Labute approximate surface area is 121 Å². The van der Waals surface area contributed by atoms with Crippen LogP contribution >= 0.6 is 23.2 Å². The van der Waals surface area contributed by atoms with Gasteiger partial charge in [0.2, 0.25) is 5.91 Å². The molecule has 0 saturated heterocycles. The maximum Gasteiger partial charge on any atom is 0.325 e. The van der Waals surface area contributed by atoms with Crippen LogP contribution in [0.15, 0.2) is 12.1 Å². The summed E-state index contributed by atoms with van der Waals surface area (Å²) >= 11 is 11.3. The van der Waals surface area contributed by atoms with E-state index in [0.29, 0.717) is 16.5 Å². The van der Waals surface area contributed by atoms with Crippen molar-refractivity contribution in [2.24, 2.45) is 0 Å². The zero-order valence-electron chi connectivity index (χ0n) is 10.5. The molecule has 0 aliphatic carbocycles. The lowest BCUT2D eigenvalue weighted by molar-refractivity contribution is -0.119. The number of benzene rings is 1. The number of carbonyl (C=O) groups is 2. The number of alkyl halides is 1. The van der Waals surface area contributed by atoms with Crippen LogP contribution in [0.1, 0.15) is 12.0 Å². The van der Waals surface area contributed by atoms with Crippen molar-refractivity contribution in [1.82, 2.24) is 5.32 Å². The van der Waals surface area contributed by atoms with Crippen molar-refractivity contribution in [3.05, 3.63) is 22.7 Å². The van der Waals surface area contributed by atoms with Crippen LogP contribution in [-0.4, -0.2) is 24.9 Å². The maximum atomic E-state index is 11.6. The molecule has 0 spiro atoms. The highest BCUT2D eigenvalue weighted by molar-refractivity contribution is 6.31. The van der Waals surface area contributed by atoms with E-state index in [1.165, 1.54) is 7.11 Å². The van der Waals surface area contributed by atoms with Gasteiger partial charge < -0.3 is 10.1 Å². The highest BCUT2D eigenvalue weighted by Crippen LogP contribution is 2.30. The first-order valence-electron chi connectivity index (χ1n) is 5.49. The predicted molar refractivity (Wildman–Crippen MR) is 75.2 cm³/mol. The summed E-state index contributed by atoms with van der Waals surface area (Å²) in [7, 11) is 1.46. The van der Waals surface area contributed by atoms with Crippen LogP contribution < -0.4 is 15.4 Å². The number of imide groups is 1. The molecule has 0 unspecified atom stereocenters. The van der Waals surface area contributed by atoms with Gasteiger partial charge in [-0.05, 0) is 18.6 Å². The Bertz CT molecular complexity index is 492. The van der Waals surface area contributed by atoms with Gasteiger partial charge in [-0.25, -0.2) is 4.79 Å². The Morgan fingerprint density at radius 1 is 1.37 bits per heavy atom. The van der Waals surface area contributed by atoms with Crippen molar-refractivity contribution in [3.63, 3.8) is 0 Å². The molecule has 3 amide bonds. The van der Waals surface area contributed by atoms with Gasteiger partial charge in [-0.2, -0.15) is 0 Å². The molecule has 0 heterocycles. The van der Waals surface area contributed by atoms with Crippen LogP contribution in [0.5, 0.6) is 5.75 Å². The number of amides is 3. The number of hydrogen-bond donors (Lipinski definition) is 2. The minimum atomic E-state index is -0.643. The fourth-order valence-corrected chi connectivity index (χ4v) is 1.68. The number of methoxy groups -OCH3 is 1. The molecular weight excluding hydrogens is 291 g/mol. The summed E-state index contributed by atoms with van der Waals surface area (Å²) in [5, 5.41) is 5.20.